The lowest BCUT2D eigenvalue weighted by Crippen LogP contribution is -2.42. The van der Waals surface area contributed by atoms with Crippen LogP contribution >= 0.6 is 11.0 Å². The first-order chi connectivity index (χ1) is 18.5. The van der Waals surface area contributed by atoms with Gasteiger partial charge in [-0.25, -0.2) is 22.4 Å². The number of anilines is 2. The summed E-state index contributed by atoms with van der Waals surface area (Å²) in [5, 5.41) is 11.1. The highest BCUT2D eigenvalue weighted by molar-refractivity contribution is 8.26. The van der Waals surface area contributed by atoms with Crippen LogP contribution in [0.2, 0.25) is 0 Å². The van der Waals surface area contributed by atoms with Crippen LogP contribution < -0.4 is 8.61 Å². The maximum absolute atomic E-state index is 13.6. The van der Waals surface area contributed by atoms with Crippen LogP contribution in [0.3, 0.4) is 0 Å². The molecule has 208 valence electrons. The molecule has 4 heterocycles. The average molecular weight is 558 g/mol. The van der Waals surface area contributed by atoms with E-state index in [4.69, 9.17) is 4.98 Å². The molecule has 3 aliphatic rings. The van der Waals surface area contributed by atoms with E-state index >= 15 is 0 Å². The van der Waals surface area contributed by atoms with E-state index in [1.807, 2.05) is 31.2 Å². The number of fused-ring (bicyclic) bond motifs is 1. The van der Waals surface area contributed by atoms with Gasteiger partial charge in [0.2, 0.25) is 0 Å². The lowest BCUT2D eigenvalue weighted by Gasteiger charge is -2.41. The van der Waals surface area contributed by atoms with Crippen LogP contribution in [-0.2, 0) is 12.1 Å². The largest absolute Gasteiger partial charge is 0.385 e. The third-order valence-corrected chi connectivity index (χ3v) is 10.1. The first kappa shape index (κ1) is 26.4. The molecule has 0 radical (unpaired) electrons. The Bertz CT molecular complexity index is 1380. The van der Waals surface area contributed by atoms with Crippen LogP contribution in [0.1, 0.15) is 36.0 Å². The maximum Gasteiger partial charge on any atom is 0.253 e. The van der Waals surface area contributed by atoms with Crippen molar-refractivity contribution in [3.05, 3.63) is 71.5 Å². The van der Waals surface area contributed by atoms with Crippen LogP contribution in [-0.4, -0.2) is 61.7 Å². The number of nitrogens with zero attached hydrogens (tertiary/aromatic N) is 5. The van der Waals surface area contributed by atoms with Crippen molar-refractivity contribution in [1.29, 1.82) is 0 Å². The van der Waals surface area contributed by atoms with Gasteiger partial charge in [-0.2, -0.15) is 0 Å². The van der Waals surface area contributed by atoms with Gasteiger partial charge in [-0.3, -0.25) is 19.0 Å². The fourth-order valence-electron chi connectivity index (χ4n) is 5.59. The van der Waals surface area contributed by atoms with Gasteiger partial charge < -0.3 is 5.11 Å². The van der Waals surface area contributed by atoms with E-state index in [0.717, 1.165) is 41.9 Å². The topological polar surface area (TPSA) is 96.2 Å². The Morgan fingerprint density at radius 3 is 2.51 bits per heavy atom. The van der Waals surface area contributed by atoms with E-state index in [1.54, 1.807) is 18.5 Å². The molecule has 0 bridgehead atoms. The summed E-state index contributed by atoms with van der Waals surface area (Å²) >= 11 is 0. The first-order valence-electron chi connectivity index (χ1n) is 13.1. The standard InChI is InChI=1S/C28H33F2N5O3S/c1-19-5-6-20(17-34-12-9-27(36,10-13-34)21-4-3-11-31-16-21)14-23(19)24-7-8-25-26(32-24)33(2)39(37,38)35(25)18-22-15-28(22,29)30/h3-8,11,14,16,22,36-38H,9-10,12-13,15,17-18H2,1-2H3. The number of aliphatic hydroxyl groups is 1. The van der Waals surface area contributed by atoms with Gasteiger partial charge in [-0.1, -0.05) is 18.2 Å². The number of halogens is 2. The number of benzene rings is 1. The highest BCUT2D eigenvalue weighted by atomic mass is 32.3. The Morgan fingerprint density at radius 1 is 1.10 bits per heavy atom. The van der Waals surface area contributed by atoms with E-state index in [-0.39, 0.29) is 13.0 Å². The Hall–Kier alpha value is -2.83. The fraction of sp³-hybridized carbons (Fsp3) is 0.429. The van der Waals surface area contributed by atoms with E-state index in [1.165, 1.54) is 15.7 Å². The van der Waals surface area contributed by atoms with Crippen molar-refractivity contribution in [2.24, 2.45) is 5.92 Å². The summed E-state index contributed by atoms with van der Waals surface area (Å²) in [5.74, 6) is -3.28. The minimum absolute atomic E-state index is 0.131. The number of hydrogen-bond acceptors (Lipinski definition) is 8. The van der Waals surface area contributed by atoms with E-state index in [0.29, 0.717) is 30.0 Å². The van der Waals surface area contributed by atoms with Crippen molar-refractivity contribution in [1.82, 2.24) is 14.9 Å². The van der Waals surface area contributed by atoms with Crippen molar-refractivity contribution < 1.29 is 23.0 Å². The monoisotopic (exact) mass is 557 g/mol. The second-order valence-electron chi connectivity index (χ2n) is 10.9. The molecular weight excluding hydrogens is 524 g/mol. The molecular formula is C28H33F2N5O3S. The number of hydrogen-bond donors (Lipinski definition) is 3. The van der Waals surface area contributed by atoms with E-state index < -0.39 is 28.4 Å². The number of piperidine rings is 1. The van der Waals surface area contributed by atoms with Crippen LogP contribution in [0.4, 0.5) is 20.3 Å². The van der Waals surface area contributed by atoms with Gasteiger partial charge >= 0.3 is 0 Å². The molecule has 6 rings (SSSR count). The van der Waals surface area contributed by atoms with E-state index in [2.05, 4.69) is 22.0 Å². The zero-order chi connectivity index (χ0) is 27.6. The summed E-state index contributed by atoms with van der Waals surface area (Å²) < 4.78 is 51.4. The molecule has 1 atom stereocenters. The van der Waals surface area contributed by atoms with E-state index in [9.17, 15) is 23.0 Å². The molecule has 1 aromatic carbocycles. The molecule has 2 aliphatic heterocycles. The second-order valence-corrected chi connectivity index (χ2v) is 12.9. The maximum atomic E-state index is 13.6. The Morgan fingerprint density at radius 2 is 1.85 bits per heavy atom. The zero-order valence-electron chi connectivity index (χ0n) is 22.0. The molecule has 0 amide bonds. The number of alkyl halides is 2. The molecule has 3 N–H and O–H groups in total. The van der Waals surface area contributed by atoms with Crippen LogP contribution in [0, 0.1) is 12.8 Å². The molecule has 1 saturated heterocycles. The van der Waals surface area contributed by atoms with Crippen molar-refractivity contribution in [3.8, 4) is 11.3 Å². The predicted molar refractivity (Wildman–Crippen MR) is 149 cm³/mol. The second kappa shape index (κ2) is 9.38. The number of aromatic nitrogens is 2. The summed E-state index contributed by atoms with van der Waals surface area (Å²) in [6, 6.07) is 13.6. The summed E-state index contributed by atoms with van der Waals surface area (Å²) in [4.78, 5) is 11.2. The lowest BCUT2D eigenvalue weighted by molar-refractivity contribution is -0.0279. The number of likely N-dealkylation sites (tertiary alicyclic amines) is 1. The lowest BCUT2D eigenvalue weighted by atomic mass is 9.85. The minimum atomic E-state index is -3.46. The van der Waals surface area contributed by atoms with Crippen LogP contribution in [0.15, 0.2) is 54.9 Å². The van der Waals surface area contributed by atoms with Crippen LogP contribution in [0.25, 0.3) is 11.3 Å². The zero-order valence-corrected chi connectivity index (χ0v) is 22.8. The summed E-state index contributed by atoms with van der Waals surface area (Å²) in [6.45, 7) is 4.11. The molecule has 39 heavy (non-hydrogen) atoms. The Balaban J connectivity index is 1.20. The third kappa shape index (κ3) is 4.76. The molecule has 2 aromatic heterocycles. The molecule has 8 nitrogen and oxygen atoms in total. The molecule has 1 aliphatic carbocycles. The fourth-order valence-corrected chi connectivity index (χ4v) is 7.04. The number of rotatable bonds is 6. The van der Waals surface area contributed by atoms with Gasteiger partial charge in [-0.05, 0) is 66.1 Å². The van der Waals surface area contributed by atoms with Gasteiger partial charge in [0.15, 0.2) is 5.82 Å². The van der Waals surface area contributed by atoms with Gasteiger partial charge in [-0.15, -0.1) is 0 Å². The Kier molecular flexibility index (Phi) is 6.35. The SMILES string of the molecule is Cc1ccc(CN2CCC(O)(c3cccnc3)CC2)cc1-c1ccc2c(n1)N(C)S(O)(O)N2CC1CC1(F)F. The first-order valence-corrected chi connectivity index (χ1v) is 14.6. The van der Waals surface area contributed by atoms with Crippen LogP contribution in [0.5, 0.6) is 0 Å². The summed E-state index contributed by atoms with van der Waals surface area (Å²) in [5.41, 5.74) is 4.19. The third-order valence-electron chi connectivity index (χ3n) is 8.29. The summed E-state index contributed by atoms with van der Waals surface area (Å²) in [6.07, 6.45) is 4.47. The van der Waals surface area contributed by atoms with Crippen molar-refractivity contribution in [2.75, 3.05) is 35.3 Å². The van der Waals surface area contributed by atoms with Crippen molar-refractivity contribution in [2.45, 2.75) is 44.3 Å². The van der Waals surface area contributed by atoms with Crippen molar-refractivity contribution in [3.63, 3.8) is 0 Å². The Labute approximate surface area is 228 Å². The van der Waals surface area contributed by atoms with Gasteiger partial charge in [0.25, 0.3) is 5.92 Å². The average Bonchev–Trinajstić information content (AvgIpc) is 3.49. The summed E-state index contributed by atoms with van der Waals surface area (Å²) in [7, 11) is -1.93. The van der Waals surface area contributed by atoms with Crippen molar-refractivity contribution >= 4 is 22.5 Å². The number of aryl methyl sites for hydroxylation is 1. The van der Waals surface area contributed by atoms with Gasteiger partial charge in [0.05, 0.1) is 11.3 Å². The minimum Gasteiger partial charge on any atom is -0.385 e. The number of pyridine rings is 2. The smallest absolute Gasteiger partial charge is 0.253 e. The molecule has 2 fully saturated rings. The molecule has 1 unspecified atom stereocenters. The quantitative estimate of drug-likeness (QED) is 0.370. The normalized spacial score (nSPS) is 23.9. The highest BCUT2D eigenvalue weighted by Gasteiger charge is 2.59. The molecule has 3 aromatic rings. The highest BCUT2D eigenvalue weighted by Crippen LogP contribution is 2.62. The molecule has 11 heteroatoms. The molecule has 1 saturated carbocycles. The molecule has 0 spiro atoms. The van der Waals surface area contributed by atoms with Gasteiger partial charge in [0.1, 0.15) is 5.69 Å². The van der Waals surface area contributed by atoms with Gasteiger partial charge in [0, 0.05) is 69.1 Å². The predicted octanol–water partition coefficient (Wildman–Crippen LogP) is 5.43.